The van der Waals surface area contributed by atoms with Gasteiger partial charge in [0.05, 0.1) is 25.4 Å². The highest BCUT2D eigenvalue weighted by Gasteiger charge is 2.44. The lowest BCUT2D eigenvalue weighted by atomic mass is 9.98. The number of rotatable bonds is 38. The zero-order valence-electron chi connectivity index (χ0n) is 36.5. The van der Waals surface area contributed by atoms with Crippen molar-refractivity contribution < 1.29 is 50.0 Å². The molecule has 0 radical (unpaired) electrons. The number of aliphatic hydroxyl groups excluding tert-OH is 7. The molecule has 1 rings (SSSR count). The fourth-order valence-corrected chi connectivity index (χ4v) is 7.53. The number of ether oxygens (including phenoxy) is 2. The maximum atomic E-state index is 13.1. The fraction of sp³-hybridized carbons (Fsp3) is 0.935. The fourth-order valence-electron chi connectivity index (χ4n) is 7.53. The summed E-state index contributed by atoms with van der Waals surface area (Å²) < 4.78 is 11.1. The molecule has 0 aromatic rings. The summed E-state index contributed by atoms with van der Waals surface area (Å²) in [4.78, 5) is 13.1. The summed E-state index contributed by atoms with van der Waals surface area (Å²) >= 11 is 0. The molecular formula is C46H89NO10. The van der Waals surface area contributed by atoms with Gasteiger partial charge in [-0.3, -0.25) is 4.79 Å². The van der Waals surface area contributed by atoms with Gasteiger partial charge in [0, 0.05) is 0 Å². The van der Waals surface area contributed by atoms with E-state index in [1.54, 1.807) is 0 Å². The summed E-state index contributed by atoms with van der Waals surface area (Å²) in [5.74, 6) is 0.0787. The minimum absolute atomic E-state index is 0.260. The van der Waals surface area contributed by atoms with E-state index in [4.69, 9.17) is 9.47 Å². The Balaban J connectivity index is 2.42. The molecule has 11 heteroatoms. The molecular weight excluding hydrogens is 727 g/mol. The highest BCUT2D eigenvalue weighted by molar-refractivity contribution is 5.80. The van der Waals surface area contributed by atoms with Crippen LogP contribution in [0.25, 0.3) is 0 Å². The van der Waals surface area contributed by atoms with Crippen LogP contribution >= 0.6 is 0 Å². The van der Waals surface area contributed by atoms with E-state index < -0.39 is 74.2 Å². The number of amides is 1. The average Bonchev–Trinajstić information content (AvgIpc) is 3.21. The standard InChI is InChI=1S/C46H89NO10/c1-4-6-7-8-9-10-11-12-13-14-15-16-17-18-19-20-23-27-30-33-39(50)45(55)47-37(35-56-46-44(54)43(53)42(52)40(34-48)57-46)41(51)38(49)32-29-26-24-21-22-25-28-31-36(3)5-2/h10-11,36-44,46,48-54H,4-9,12-35H2,1-3H3,(H,47,55). The molecule has 1 heterocycles. The van der Waals surface area contributed by atoms with Crippen molar-refractivity contribution in [1.82, 2.24) is 5.32 Å². The van der Waals surface area contributed by atoms with Gasteiger partial charge in [-0.25, -0.2) is 0 Å². The lowest BCUT2D eigenvalue weighted by Gasteiger charge is -2.40. The first-order valence-electron chi connectivity index (χ1n) is 23.5. The number of nitrogens with one attached hydrogen (secondary N) is 1. The summed E-state index contributed by atoms with van der Waals surface area (Å²) in [5, 5.41) is 75.6. The highest BCUT2D eigenvalue weighted by atomic mass is 16.7. The highest BCUT2D eigenvalue weighted by Crippen LogP contribution is 2.23. The van der Waals surface area contributed by atoms with E-state index in [9.17, 15) is 40.5 Å². The van der Waals surface area contributed by atoms with E-state index >= 15 is 0 Å². The molecule has 338 valence electrons. The van der Waals surface area contributed by atoms with Crippen LogP contribution in [0.3, 0.4) is 0 Å². The summed E-state index contributed by atoms with van der Waals surface area (Å²) in [6.45, 7) is 5.72. The Kier molecular flexibility index (Phi) is 33.6. The molecule has 57 heavy (non-hydrogen) atoms. The third-order valence-corrected chi connectivity index (χ3v) is 11.9. The zero-order valence-corrected chi connectivity index (χ0v) is 36.5. The molecule has 11 nitrogen and oxygen atoms in total. The number of hydrogen-bond donors (Lipinski definition) is 8. The number of aliphatic hydroxyl groups is 7. The predicted octanol–water partition coefficient (Wildman–Crippen LogP) is 7.53. The Morgan fingerprint density at radius 3 is 1.63 bits per heavy atom. The van der Waals surface area contributed by atoms with Crippen LogP contribution in [0.2, 0.25) is 0 Å². The van der Waals surface area contributed by atoms with E-state index in [1.165, 1.54) is 116 Å². The zero-order chi connectivity index (χ0) is 42.1. The lowest BCUT2D eigenvalue weighted by molar-refractivity contribution is -0.303. The van der Waals surface area contributed by atoms with Gasteiger partial charge in [0.1, 0.15) is 36.6 Å². The van der Waals surface area contributed by atoms with Gasteiger partial charge in [-0.1, -0.05) is 174 Å². The van der Waals surface area contributed by atoms with E-state index in [-0.39, 0.29) is 6.42 Å². The first kappa shape index (κ1) is 53.9. The van der Waals surface area contributed by atoms with Crippen molar-refractivity contribution in [2.45, 2.75) is 256 Å². The van der Waals surface area contributed by atoms with E-state index in [2.05, 4.69) is 38.2 Å². The molecule has 8 N–H and O–H groups in total. The van der Waals surface area contributed by atoms with Gasteiger partial charge in [-0.15, -0.1) is 0 Å². The molecule has 10 unspecified atom stereocenters. The summed E-state index contributed by atoms with van der Waals surface area (Å²) in [6.07, 6.45) is 24.1. The van der Waals surface area contributed by atoms with Gasteiger partial charge in [-0.05, 0) is 44.4 Å². The first-order valence-corrected chi connectivity index (χ1v) is 23.5. The SMILES string of the molecule is CCCCCCC=CCCCCCCCCCCCCCC(O)C(=O)NC(COC1OC(CO)C(O)C(O)C1O)C(O)C(O)CCCCCCCCCC(C)CC. The van der Waals surface area contributed by atoms with Crippen LogP contribution in [0.5, 0.6) is 0 Å². The van der Waals surface area contributed by atoms with Crippen molar-refractivity contribution in [2.24, 2.45) is 5.92 Å². The Morgan fingerprint density at radius 1 is 0.649 bits per heavy atom. The molecule has 0 aromatic carbocycles. The molecule has 0 saturated carbocycles. The normalized spacial score (nSPS) is 22.7. The van der Waals surface area contributed by atoms with Gasteiger partial charge in [0.2, 0.25) is 5.91 Å². The average molecular weight is 816 g/mol. The van der Waals surface area contributed by atoms with E-state index in [0.717, 1.165) is 44.4 Å². The molecule has 1 aliphatic rings. The van der Waals surface area contributed by atoms with Crippen molar-refractivity contribution in [3.05, 3.63) is 12.2 Å². The Labute approximate surface area is 347 Å². The Hall–Kier alpha value is -1.15. The molecule has 0 aliphatic carbocycles. The molecule has 0 spiro atoms. The minimum atomic E-state index is -1.66. The van der Waals surface area contributed by atoms with Gasteiger partial charge in [0.15, 0.2) is 6.29 Å². The van der Waals surface area contributed by atoms with E-state index in [0.29, 0.717) is 19.3 Å². The molecule has 1 amide bonds. The van der Waals surface area contributed by atoms with Crippen LogP contribution in [-0.2, 0) is 14.3 Å². The second-order valence-electron chi connectivity index (χ2n) is 17.1. The van der Waals surface area contributed by atoms with Crippen molar-refractivity contribution in [3.63, 3.8) is 0 Å². The number of hydrogen-bond acceptors (Lipinski definition) is 10. The molecule has 1 saturated heterocycles. The van der Waals surface area contributed by atoms with Crippen LogP contribution in [-0.4, -0.2) is 110 Å². The predicted molar refractivity (Wildman–Crippen MR) is 229 cm³/mol. The molecule has 10 atom stereocenters. The second-order valence-corrected chi connectivity index (χ2v) is 17.1. The van der Waals surface area contributed by atoms with Gasteiger partial charge in [-0.2, -0.15) is 0 Å². The maximum Gasteiger partial charge on any atom is 0.249 e. The topological polar surface area (TPSA) is 189 Å². The lowest BCUT2D eigenvalue weighted by Crippen LogP contribution is -2.60. The third kappa shape index (κ3) is 25.9. The van der Waals surface area contributed by atoms with E-state index in [1.807, 2.05) is 0 Å². The second kappa shape index (κ2) is 35.6. The van der Waals surface area contributed by atoms with Crippen molar-refractivity contribution in [1.29, 1.82) is 0 Å². The van der Waals surface area contributed by atoms with Crippen molar-refractivity contribution in [3.8, 4) is 0 Å². The van der Waals surface area contributed by atoms with Crippen molar-refractivity contribution >= 4 is 5.91 Å². The van der Waals surface area contributed by atoms with Gasteiger partial charge >= 0.3 is 0 Å². The first-order chi connectivity index (χ1) is 27.6. The summed E-state index contributed by atoms with van der Waals surface area (Å²) in [7, 11) is 0. The number of carbonyl (C=O) groups is 1. The Bertz CT molecular complexity index is 954. The number of unbranched alkanes of at least 4 members (excludes halogenated alkanes) is 21. The number of carbonyl (C=O) groups excluding carboxylic acids is 1. The molecule has 1 fully saturated rings. The van der Waals surface area contributed by atoms with Crippen LogP contribution in [0.15, 0.2) is 12.2 Å². The Morgan fingerprint density at radius 2 is 1.12 bits per heavy atom. The monoisotopic (exact) mass is 816 g/mol. The quantitative estimate of drug-likeness (QED) is 0.0229. The minimum Gasteiger partial charge on any atom is -0.394 e. The van der Waals surface area contributed by atoms with Crippen molar-refractivity contribution in [2.75, 3.05) is 13.2 Å². The van der Waals surface area contributed by atoms with Crippen LogP contribution in [0, 0.1) is 5.92 Å². The van der Waals surface area contributed by atoms with Gasteiger partial charge in [0.25, 0.3) is 0 Å². The van der Waals surface area contributed by atoms with Crippen LogP contribution in [0.1, 0.15) is 201 Å². The van der Waals surface area contributed by atoms with Gasteiger partial charge < -0.3 is 50.5 Å². The summed E-state index contributed by atoms with van der Waals surface area (Å²) in [6, 6.07) is -1.16. The number of allylic oxidation sites excluding steroid dienone is 2. The maximum absolute atomic E-state index is 13.1. The third-order valence-electron chi connectivity index (χ3n) is 11.9. The van der Waals surface area contributed by atoms with Crippen LogP contribution < -0.4 is 5.32 Å². The molecule has 0 bridgehead atoms. The molecule has 0 aromatic heterocycles. The summed E-state index contributed by atoms with van der Waals surface area (Å²) in [5.41, 5.74) is 0. The smallest absolute Gasteiger partial charge is 0.249 e. The largest absolute Gasteiger partial charge is 0.394 e. The van der Waals surface area contributed by atoms with Crippen LogP contribution in [0.4, 0.5) is 0 Å². The molecule has 1 aliphatic heterocycles.